The summed E-state index contributed by atoms with van der Waals surface area (Å²) in [6, 6.07) is 16.5. The third-order valence-corrected chi connectivity index (χ3v) is 3.84. The van der Waals surface area contributed by atoms with Gasteiger partial charge in [0.1, 0.15) is 0 Å². The van der Waals surface area contributed by atoms with E-state index in [2.05, 4.69) is 10.6 Å². The van der Waals surface area contributed by atoms with Crippen LogP contribution in [0.25, 0.3) is 0 Å². The summed E-state index contributed by atoms with van der Waals surface area (Å²) in [4.78, 5) is 35.9. The smallest absolute Gasteiger partial charge is 0.306 e. The van der Waals surface area contributed by atoms with Gasteiger partial charge in [0.15, 0.2) is 0 Å². The summed E-state index contributed by atoms with van der Waals surface area (Å²) in [6.07, 6.45) is 0.622. The van der Waals surface area contributed by atoms with Crippen molar-refractivity contribution in [3.8, 4) is 0 Å². The fourth-order valence-corrected chi connectivity index (χ4v) is 2.47. The number of ether oxygens (including phenoxy) is 1. The maximum Gasteiger partial charge on any atom is 0.306 e. The van der Waals surface area contributed by atoms with E-state index in [1.54, 1.807) is 24.3 Å². The number of nitrogens with one attached hydrogen (secondary N) is 2. The van der Waals surface area contributed by atoms with Crippen LogP contribution in [0.2, 0.25) is 0 Å². The molecule has 2 aromatic carbocycles. The molecule has 6 nitrogen and oxygen atoms in total. The third kappa shape index (κ3) is 6.93. The summed E-state index contributed by atoms with van der Waals surface area (Å²) in [7, 11) is 0. The van der Waals surface area contributed by atoms with E-state index in [9.17, 15) is 14.4 Å². The van der Waals surface area contributed by atoms with Crippen LogP contribution in [0.5, 0.6) is 0 Å². The highest BCUT2D eigenvalue weighted by Crippen LogP contribution is 2.15. The standard InChI is InChI=1S/C21H24N2O4/c1-2-22-21(26)17-10-6-7-11-18(17)23-19(24)12-13-20(25)27-15-14-16-8-4-3-5-9-16/h3-11H,2,12-15H2,1H3,(H,22,26)(H,23,24). The van der Waals surface area contributed by atoms with Gasteiger partial charge in [0.25, 0.3) is 5.91 Å². The fraction of sp³-hybridized carbons (Fsp3) is 0.286. The van der Waals surface area contributed by atoms with E-state index in [1.165, 1.54) is 0 Å². The van der Waals surface area contributed by atoms with Crippen LogP contribution >= 0.6 is 0 Å². The highest BCUT2D eigenvalue weighted by Gasteiger charge is 2.13. The molecule has 0 fully saturated rings. The van der Waals surface area contributed by atoms with Crippen LogP contribution in [0.3, 0.4) is 0 Å². The van der Waals surface area contributed by atoms with Crippen molar-refractivity contribution in [3.63, 3.8) is 0 Å². The highest BCUT2D eigenvalue weighted by atomic mass is 16.5. The van der Waals surface area contributed by atoms with Gasteiger partial charge in [-0.25, -0.2) is 0 Å². The summed E-state index contributed by atoms with van der Waals surface area (Å²) < 4.78 is 5.16. The molecule has 2 amide bonds. The Labute approximate surface area is 158 Å². The van der Waals surface area contributed by atoms with Crippen molar-refractivity contribution in [2.24, 2.45) is 0 Å². The van der Waals surface area contributed by atoms with Crippen LogP contribution in [0.1, 0.15) is 35.7 Å². The number of esters is 1. The first kappa shape index (κ1) is 20.2. The summed E-state index contributed by atoms with van der Waals surface area (Å²) >= 11 is 0. The molecular weight excluding hydrogens is 344 g/mol. The molecule has 6 heteroatoms. The molecule has 2 aromatic rings. The number of benzene rings is 2. The first-order chi connectivity index (χ1) is 13.1. The van der Waals surface area contributed by atoms with Crippen LogP contribution in [0.15, 0.2) is 54.6 Å². The topological polar surface area (TPSA) is 84.5 Å². The lowest BCUT2D eigenvalue weighted by molar-refractivity contribution is -0.144. The van der Waals surface area contributed by atoms with Crippen molar-refractivity contribution in [1.82, 2.24) is 5.32 Å². The zero-order valence-corrected chi connectivity index (χ0v) is 15.4. The van der Waals surface area contributed by atoms with Gasteiger partial charge in [0.2, 0.25) is 5.91 Å². The third-order valence-electron chi connectivity index (χ3n) is 3.84. The minimum absolute atomic E-state index is 0.00605. The van der Waals surface area contributed by atoms with Crippen LogP contribution in [-0.4, -0.2) is 30.9 Å². The average molecular weight is 368 g/mol. The predicted molar refractivity (Wildman–Crippen MR) is 103 cm³/mol. The lowest BCUT2D eigenvalue weighted by atomic mass is 10.1. The highest BCUT2D eigenvalue weighted by molar-refractivity contribution is 6.04. The monoisotopic (exact) mass is 368 g/mol. The maximum absolute atomic E-state index is 12.1. The number of para-hydroxylation sites is 1. The van der Waals surface area contributed by atoms with E-state index in [-0.39, 0.29) is 31.3 Å². The van der Waals surface area contributed by atoms with Gasteiger partial charge in [0, 0.05) is 19.4 Å². The van der Waals surface area contributed by atoms with E-state index in [0.717, 1.165) is 5.56 Å². The van der Waals surface area contributed by atoms with E-state index >= 15 is 0 Å². The van der Waals surface area contributed by atoms with Crippen molar-refractivity contribution in [3.05, 3.63) is 65.7 Å². The van der Waals surface area contributed by atoms with Gasteiger partial charge in [-0.1, -0.05) is 42.5 Å². The molecule has 0 aromatic heterocycles. The number of carbonyl (C=O) groups excluding carboxylic acids is 3. The molecule has 142 valence electrons. The molecule has 2 rings (SSSR count). The molecule has 0 aliphatic heterocycles. The predicted octanol–water partition coefficient (Wildman–Crippen LogP) is 2.94. The molecule has 0 aliphatic rings. The Morgan fingerprint density at radius 3 is 2.37 bits per heavy atom. The first-order valence-electron chi connectivity index (χ1n) is 8.96. The molecule has 2 N–H and O–H groups in total. The van der Waals surface area contributed by atoms with Crippen molar-refractivity contribution in [2.75, 3.05) is 18.5 Å². The van der Waals surface area contributed by atoms with Gasteiger partial charge >= 0.3 is 5.97 Å². The molecule has 0 bridgehead atoms. The molecule has 0 unspecified atom stereocenters. The van der Waals surface area contributed by atoms with Gasteiger partial charge < -0.3 is 15.4 Å². The van der Waals surface area contributed by atoms with E-state index in [1.807, 2.05) is 37.3 Å². The fourth-order valence-electron chi connectivity index (χ4n) is 2.47. The Morgan fingerprint density at radius 2 is 1.63 bits per heavy atom. The molecule has 0 aliphatic carbocycles. The largest absolute Gasteiger partial charge is 0.465 e. The van der Waals surface area contributed by atoms with E-state index in [4.69, 9.17) is 4.74 Å². The van der Waals surface area contributed by atoms with Crippen molar-refractivity contribution in [1.29, 1.82) is 0 Å². The SMILES string of the molecule is CCNC(=O)c1ccccc1NC(=O)CCC(=O)OCCc1ccccc1. The zero-order valence-electron chi connectivity index (χ0n) is 15.4. The van der Waals surface area contributed by atoms with Crippen molar-refractivity contribution < 1.29 is 19.1 Å². The molecule has 0 saturated carbocycles. The number of amides is 2. The molecule has 0 saturated heterocycles. The van der Waals surface area contributed by atoms with Crippen molar-refractivity contribution in [2.45, 2.75) is 26.2 Å². The van der Waals surface area contributed by atoms with Gasteiger partial charge in [-0.15, -0.1) is 0 Å². The molecular formula is C21H24N2O4. The first-order valence-corrected chi connectivity index (χ1v) is 8.96. The Hall–Kier alpha value is -3.15. The lowest BCUT2D eigenvalue weighted by Crippen LogP contribution is -2.25. The average Bonchev–Trinajstić information content (AvgIpc) is 2.68. The van der Waals surface area contributed by atoms with Crippen LogP contribution in [-0.2, 0) is 20.7 Å². The van der Waals surface area contributed by atoms with Gasteiger partial charge in [-0.05, 0) is 24.6 Å². The Morgan fingerprint density at radius 1 is 0.926 bits per heavy atom. The summed E-state index contributed by atoms with van der Waals surface area (Å²) in [5.74, 6) is -1.02. The van der Waals surface area contributed by atoms with Gasteiger partial charge in [-0.2, -0.15) is 0 Å². The number of carbonyl (C=O) groups is 3. The van der Waals surface area contributed by atoms with Crippen LogP contribution in [0, 0.1) is 0 Å². The molecule has 0 radical (unpaired) electrons. The van der Waals surface area contributed by atoms with E-state index < -0.39 is 5.97 Å². The second kappa shape index (κ2) is 10.8. The van der Waals surface area contributed by atoms with Crippen LogP contribution in [0.4, 0.5) is 5.69 Å². The van der Waals surface area contributed by atoms with Crippen LogP contribution < -0.4 is 10.6 Å². The number of hydrogen-bond acceptors (Lipinski definition) is 4. The Kier molecular flexibility index (Phi) is 8.03. The number of anilines is 1. The Balaban J connectivity index is 1.76. The minimum Gasteiger partial charge on any atom is -0.465 e. The number of hydrogen-bond donors (Lipinski definition) is 2. The Bertz CT molecular complexity index is 775. The maximum atomic E-state index is 12.1. The lowest BCUT2D eigenvalue weighted by Gasteiger charge is -2.10. The minimum atomic E-state index is -0.418. The normalized spacial score (nSPS) is 10.1. The molecule has 0 heterocycles. The van der Waals surface area contributed by atoms with E-state index in [0.29, 0.717) is 24.2 Å². The quantitative estimate of drug-likeness (QED) is 0.667. The molecule has 0 spiro atoms. The van der Waals surface area contributed by atoms with Gasteiger partial charge in [0.05, 0.1) is 24.3 Å². The molecule has 27 heavy (non-hydrogen) atoms. The molecule has 0 atom stereocenters. The van der Waals surface area contributed by atoms with Crippen molar-refractivity contribution >= 4 is 23.5 Å². The summed E-state index contributed by atoms with van der Waals surface area (Å²) in [6.45, 7) is 2.60. The summed E-state index contributed by atoms with van der Waals surface area (Å²) in [5.41, 5.74) is 1.90. The number of rotatable bonds is 9. The summed E-state index contributed by atoms with van der Waals surface area (Å²) in [5, 5.41) is 5.38. The second-order valence-corrected chi connectivity index (χ2v) is 5.91. The zero-order chi connectivity index (χ0) is 19.5. The second-order valence-electron chi connectivity index (χ2n) is 5.91. The van der Waals surface area contributed by atoms with Gasteiger partial charge in [-0.3, -0.25) is 14.4 Å².